The molecule has 0 spiro atoms. The molecule has 1 atom stereocenters. The fourth-order valence-corrected chi connectivity index (χ4v) is 4.30. The normalized spacial score (nSPS) is 21.3. The van der Waals surface area contributed by atoms with Crippen molar-refractivity contribution in [2.75, 3.05) is 37.6 Å². The molecule has 150 valence electrons. The largest absolute Gasteiger partial charge is 0.368 e. The number of rotatable bonds is 4. The number of carbonyl (C=O) groups is 3. The van der Waals surface area contributed by atoms with Crippen molar-refractivity contribution in [1.29, 1.82) is 0 Å². The van der Waals surface area contributed by atoms with Crippen molar-refractivity contribution in [3.8, 4) is 0 Å². The molecule has 0 radical (unpaired) electrons. The number of hydrogen-bond donors (Lipinski definition) is 0. The molecule has 0 N–H and O–H groups in total. The van der Waals surface area contributed by atoms with Gasteiger partial charge in [-0.2, -0.15) is 4.99 Å². The van der Waals surface area contributed by atoms with Crippen LogP contribution in [0.15, 0.2) is 40.7 Å². The predicted molar refractivity (Wildman–Crippen MR) is 107 cm³/mol. The van der Waals surface area contributed by atoms with Gasteiger partial charge in [-0.25, -0.2) is 4.79 Å². The van der Waals surface area contributed by atoms with Crippen LogP contribution in [0.1, 0.15) is 0 Å². The molecule has 1 aromatic rings. The average molecular weight is 415 g/mol. The molecule has 0 aromatic heterocycles. The number of thioether (sulfide) groups is 1. The Bertz CT molecular complexity index is 936. The summed E-state index contributed by atoms with van der Waals surface area (Å²) in [6, 6.07) is 5.56. The lowest BCUT2D eigenvalue weighted by Gasteiger charge is -2.37. The van der Waals surface area contributed by atoms with Gasteiger partial charge in [0.05, 0.1) is 10.6 Å². The van der Waals surface area contributed by atoms with E-state index in [2.05, 4.69) is 4.99 Å². The Labute approximate surface area is 170 Å². The molecule has 3 heterocycles. The zero-order valence-electron chi connectivity index (χ0n) is 15.3. The van der Waals surface area contributed by atoms with Crippen LogP contribution in [-0.2, 0) is 9.59 Å². The van der Waals surface area contributed by atoms with Gasteiger partial charge in [-0.3, -0.25) is 24.6 Å². The van der Waals surface area contributed by atoms with Crippen LogP contribution < -0.4 is 4.90 Å². The van der Waals surface area contributed by atoms with Gasteiger partial charge in [-0.15, -0.1) is 11.8 Å². The number of fused-ring (bicyclic) bond motifs is 1. The topological polar surface area (TPSA) is 116 Å². The maximum Gasteiger partial charge on any atom is 0.351 e. The quantitative estimate of drug-likeness (QED) is 0.537. The zero-order chi connectivity index (χ0) is 20.5. The number of nitro groups is 1. The summed E-state index contributed by atoms with van der Waals surface area (Å²) in [6.07, 6.45) is 1.64. The number of amides is 4. The number of imide groups is 1. The van der Waals surface area contributed by atoms with E-state index < -0.39 is 22.1 Å². The lowest BCUT2D eigenvalue weighted by molar-refractivity contribution is -0.384. The Kier molecular flexibility index (Phi) is 5.05. The number of non-ortho nitro benzene ring substituents is 1. The van der Waals surface area contributed by atoms with Crippen LogP contribution in [0.4, 0.5) is 16.2 Å². The summed E-state index contributed by atoms with van der Waals surface area (Å²) in [7, 11) is 0. The van der Waals surface area contributed by atoms with E-state index in [9.17, 15) is 24.5 Å². The first kappa shape index (κ1) is 19.1. The molecule has 3 aliphatic rings. The number of piperazine rings is 1. The number of carbonyl (C=O) groups excluding carboxylic acids is 3. The Morgan fingerprint density at radius 3 is 2.52 bits per heavy atom. The van der Waals surface area contributed by atoms with E-state index in [-0.39, 0.29) is 18.1 Å². The Morgan fingerprint density at radius 2 is 1.86 bits per heavy atom. The highest BCUT2D eigenvalue weighted by molar-refractivity contribution is 8.04. The number of aliphatic imine (C=N–C) groups is 1. The van der Waals surface area contributed by atoms with Crippen molar-refractivity contribution < 1.29 is 19.3 Å². The molecular formula is C18H17N5O5S. The van der Waals surface area contributed by atoms with Crippen LogP contribution in [0.3, 0.4) is 0 Å². The monoisotopic (exact) mass is 415 g/mol. The van der Waals surface area contributed by atoms with Crippen molar-refractivity contribution in [2.45, 2.75) is 5.25 Å². The molecule has 0 aliphatic carbocycles. The van der Waals surface area contributed by atoms with E-state index in [1.54, 1.807) is 28.5 Å². The summed E-state index contributed by atoms with van der Waals surface area (Å²) >= 11 is 1.28. The van der Waals surface area contributed by atoms with E-state index in [4.69, 9.17) is 0 Å². The second-order valence-electron chi connectivity index (χ2n) is 6.70. The van der Waals surface area contributed by atoms with Crippen LogP contribution in [-0.4, -0.2) is 76.3 Å². The minimum Gasteiger partial charge on any atom is -0.368 e. The van der Waals surface area contributed by atoms with E-state index in [1.165, 1.54) is 23.9 Å². The lowest BCUT2D eigenvalue weighted by Crippen LogP contribution is -2.54. The van der Waals surface area contributed by atoms with Gasteiger partial charge < -0.3 is 9.80 Å². The lowest BCUT2D eigenvalue weighted by atomic mass is 10.2. The number of hydrogen-bond acceptors (Lipinski definition) is 7. The second kappa shape index (κ2) is 7.66. The molecule has 1 saturated heterocycles. The smallest absolute Gasteiger partial charge is 0.351 e. The highest BCUT2D eigenvalue weighted by atomic mass is 32.2. The van der Waals surface area contributed by atoms with E-state index in [0.29, 0.717) is 31.9 Å². The molecule has 1 aromatic carbocycles. The average Bonchev–Trinajstić information content (AvgIpc) is 3.19. The van der Waals surface area contributed by atoms with E-state index >= 15 is 0 Å². The van der Waals surface area contributed by atoms with Gasteiger partial charge in [-0.1, -0.05) is 0 Å². The second-order valence-corrected chi connectivity index (χ2v) is 7.72. The molecule has 0 bridgehead atoms. The number of allylic oxidation sites excluding steroid dienone is 1. The first-order valence-electron chi connectivity index (χ1n) is 8.97. The highest BCUT2D eigenvalue weighted by Crippen LogP contribution is 2.28. The first-order valence-corrected chi connectivity index (χ1v) is 9.91. The predicted octanol–water partition coefficient (Wildman–Crippen LogP) is 1.28. The van der Waals surface area contributed by atoms with Crippen LogP contribution in [0.25, 0.3) is 0 Å². The van der Waals surface area contributed by atoms with Crippen LogP contribution in [0.5, 0.6) is 0 Å². The van der Waals surface area contributed by atoms with Gasteiger partial charge >= 0.3 is 6.03 Å². The summed E-state index contributed by atoms with van der Waals surface area (Å²) in [6.45, 7) is 1.65. The number of nitro benzene ring substituents is 1. The summed E-state index contributed by atoms with van der Waals surface area (Å²) in [4.78, 5) is 56.0. The van der Waals surface area contributed by atoms with Gasteiger partial charge in [0.2, 0.25) is 5.91 Å². The SMILES string of the molecule is O=C(CN1C(=O)N=C2C=CSC2C1=O)N1CCN(c2ccc([N+](=O)[O-])cc2)CC1. The molecule has 11 heteroatoms. The van der Waals surface area contributed by atoms with Gasteiger partial charge in [0.25, 0.3) is 11.6 Å². The maximum absolute atomic E-state index is 12.6. The fourth-order valence-electron chi connectivity index (χ4n) is 3.41. The van der Waals surface area contributed by atoms with Gasteiger partial charge in [-0.05, 0) is 23.6 Å². The molecule has 4 rings (SSSR count). The number of urea groups is 1. The van der Waals surface area contributed by atoms with E-state index in [1.807, 2.05) is 4.90 Å². The third-order valence-electron chi connectivity index (χ3n) is 5.02. The van der Waals surface area contributed by atoms with Gasteiger partial charge in [0.15, 0.2) is 0 Å². The number of anilines is 1. The minimum absolute atomic E-state index is 0.0277. The van der Waals surface area contributed by atoms with Crippen molar-refractivity contribution in [2.24, 2.45) is 4.99 Å². The zero-order valence-corrected chi connectivity index (χ0v) is 16.1. The van der Waals surface area contributed by atoms with Crippen molar-refractivity contribution in [1.82, 2.24) is 9.80 Å². The first-order chi connectivity index (χ1) is 13.9. The fraction of sp³-hybridized carbons (Fsp3) is 0.333. The molecule has 3 aliphatic heterocycles. The number of benzene rings is 1. The molecular weight excluding hydrogens is 398 g/mol. The maximum atomic E-state index is 12.6. The van der Waals surface area contributed by atoms with E-state index in [0.717, 1.165) is 10.6 Å². The summed E-state index contributed by atoms with van der Waals surface area (Å²) in [5.41, 5.74) is 1.31. The third kappa shape index (κ3) is 3.73. The van der Waals surface area contributed by atoms with Crippen LogP contribution in [0.2, 0.25) is 0 Å². The molecule has 10 nitrogen and oxygen atoms in total. The van der Waals surface area contributed by atoms with Gasteiger partial charge in [0.1, 0.15) is 11.8 Å². The van der Waals surface area contributed by atoms with Crippen LogP contribution in [0, 0.1) is 10.1 Å². The summed E-state index contributed by atoms with van der Waals surface area (Å²) < 4.78 is 0. The third-order valence-corrected chi connectivity index (χ3v) is 6.03. The molecule has 29 heavy (non-hydrogen) atoms. The Balaban J connectivity index is 1.34. The van der Waals surface area contributed by atoms with Crippen molar-refractivity contribution in [3.63, 3.8) is 0 Å². The molecule has 4 amide bonds. The minimum atomic E-state index is -0.703. The molecule has 0 saturated carbocycles. The highest BCUT2D eigenvalue weighted by Gasteiger charge is 2.40. The summed E-state index contributed by atoms with van der Waals surface area (Å²) in [5, 5.41) is 11.9. The van der Waals surface area contributed by atoms with Gasteiger partial charge in [0, 0.05) is 44.0 Å². The molecule has 1 unspecified atom stereocenters. The van der Waals surface area contributed by atoms with Crippen molar-refractivity contribution >= 4 is 46.7 Å². The van der Waals surface area contributed by atoms with Crippen LogP contribution >= 0.6 is 11.8 Å². The Morgan fingerprint density at radius 1 is 1.17 bits per heavy atom. The summed E-state index contributed by atoms with van der Waals surface area (Å²) in [5.74, 6) is -0.711. The Hall–Kier alpha value is -3.21. The molecule has 1 fully saturated rings. The standard InChI is InChI=1S/C18H17N5O5S/c24-15(11-22-17(25)16-14(5-10-29-16)19-18(22)26)21-8-6-20(7-9-21)12-1-3-13(4-2-12)23(27)28/h1-5,10,16H,6-9,11H2. The van der Waals surface area contributed by atoms with Crippen molar-refractivity contribution in [3.05, 3.63) is 45.9 Å². The number of nitrogens with zero attached hydrogens (tertiary/aromatic N) is 5.